The Morgan fingerprint density at radius 1 is 1.50 bits per heavy atom. The van der Waals surface area contributed by atoms with Gasteiger partial charge >= 0.3 is 0 Å². The number of aromatic nitrogens is 2. The average Bonchev–Trinajstić information content (AvgIpc) is 3.13. The number of nitrogens with zero attached hydrogens (tertiary/aromatic N) is 2. The lowest BCUT2D eigenvalue weighted by Crippen LogP contribution is -2.34. The summed E-state index contributed by atoms with van der Waals surface area (Å²) in [5.41, 5.74) is 2.07. The molecule has 1 unspecified atom stereocenters. The number of aryl methyl sites for hydroxylation is 2. The summed E-state index contributed by atoms with van der Waals surface area (Å²) < 4.78 is 15.7. The molecule has 4 nitrogen and oxygen atoms in total. The number of hydrogen-bond donors (Lipinski definition) is 1. The monoisotopic (exact) mass is 275 g/mol. The lowest BCUT2D eigenvalue weighted by Gasteiger charge is -2.12. The molecule has 5 heteroatoms. The van der Waals surface area contributed by atoms with E-state index in [1.165, 1.54) is 6.20 Å². The van der Waals surface area contributed by atoms with E-state index in [1.54, 1.807) is 4.40 Å². The third-order valence-corrected chi connectivity index (χ3v) is 3.93. The van der Waals surface area contributed by atoms with Crippen LogP contribution in [0.2, 0.25) is 0 Å². The standard InChI is InChI=1S/C15H18FN3O/c1-8-6-9(2)19-7-12(16)13(14(19)17-8)15(20)18-10(3)11-4-5-11/h6-7,10-11H,4-5H2,1-3H3,(H,18,20). The van der Waals surface area contributed by atoms with Crippen LogP contribution in [-0.2, 0) is 0 Å². The maximum Gasteiger partial charge on any atom is 0.258 e. The van der Waals surface area contributed by atoms with Gasteiger partial charge in [-0.2, -0.15) is 0 Å². The van der Waals surface area contributed by atoms with Crippen molar-refractivity contribution < 1.29 is 9.18 Å². The van der Waals surface area contributed by atoms with Crippen molar-refractivity contribution in [3.63, 3.8) is 0 Å². The molecule has 1 saturated carbocycles. The minimum atomic E-state index is -0.522. The molecule has 1 N–H and O–H groups in total. The summed E-state index contributed by atoms with van der Waals surface area (Å²) in [6.07, 6.45) is 3.60. The Labute approximate surface area is 117 Å². The smallest absolute Gasteiger partial charge is 0.258 e. The second-order valence-corrected chi connectivity index (χ2v) is 5.68. The van der Waals surface area contributed by atoms with Crippen molar-refractivity contribution in [1.82, 2.24) is 14.7 Å². The number of fused-ring (bicyclic) bond motifs is 1. The van der Waals surface area contributed by atoms with Gasteiger partial charge in [-0.15, -0.1) is 0 Å². The maximum atomic E-state index is 14.1. The van der Waals surface area contributed by atoms with Gasteiger partial charge in [0.1, 0.15) is 5.56 Å². The molecule has 1 aliphatic rings. The Morgan fingerprint density at radius 3 is 2.85 bits per heavy atom. The Kier molecular flexibility index (Phi) is 3.00. The van der Waals surface area contributed by atoms with Crippen molar-refractivity contribution in [3.05, 3.63) is 35.0 Å². The molecular formula is C15H18FN3O. The molecule has 106 valence electrons. The normalized spacial score (nSPS) is 16.4. The summed E-state index contributed by atoms with van der Waals surface area (Å²) in [5.74, 6) is -0.360. The number of carbonyl (C=O) groups excluding carboxylic acids is 1. The molecule has 0 radical (unpaired) electrons. The Morgan fingerprint density at radius 2 is 2.20 bits per heavy atom. The molecular weight excluding hydrogens is 257 g/mol. The van der Waals surface area contributed by atoms with Crippen LogP contribution in [0.5, 0.6) is 0 Å². The molecule has 0 aliphatic heterocycles. The Balaban J connectivity index is 2.01. The lowest BCUT2D eigenvalue weighted by atomic mass is 10.2. The number of rotatable bonds is 3. The van der Waals surface area contributed by atoms with Crippen molar-refractivity contribution in [2.75, 3.05) is 0 Å². The summed E-state index contributed by atoms with van der Waals surface area (Å²) in [6, 6.07) is 1.95. The third-order valence-electron chi connectivity index (χ3n) is 3.93. The number of carbonyl (C=O) groups is 1. The van der Waals surface area contributed by atoms with Crippen LogP contribution in [0.15, 0.2) is 12.3 Å². The summed E-state index contributed by atoms with van der Waals surface area (Å²) in [7, 11) is 0. The highest BCUT2D eigenvalue weighted by Crippen LogP contribution is 2.32. The summed E-state index contributed by atoms with van der Waals surface area (Å²) in [5, 5.41) is 2.88. The number of nitrogens with one attached hydrogen (secondary N) is 1. The third kappa shape index (κ3) is 2.17. The Bertz CT molecular complexity index is 688. The van der Waals surface area contributed by atoms with Crippen LogP contribution in [-0.4, -0.2) is 21.3 Å². The van der Waals surface area contributed by atoms with Crippen LogP contribution in [0.3, 0.4) is 0 Å². The first-order chi connectivity index (χ1) is 9.47. The molecule has 1 amide bonds. The highest BCUT2D eigenvalue weighted by Gasteiger charge is 2.30. The molecule has 1 fully saturated rings. The van der Waals surface area contributed by atoms with E-state index in [1.807, 2.05) is 26.8 Å². The first-order valence-electron chi connectivity index (χ1n) is 6.93. The van der Waals surface area contributed by atoms with Crippen LogP contribution in [0, 0.1) is 25.6 Å². The first kappa shape index (κ1) is 13.1. The van der Waals surface area contributed by atoms with Crippen LogP contribution in [0.4, 0.5) is 4.39 Å². The van der Waals surface area contributed by atoms with Gasteiger partial charge in [0, 0.05) is 23.6 Å². The van der Waals surface area contributed by atoms with E-state index in [0.29, 0.717) is 11.6 Å². The zero-order chi connectivity index (χ0) is 14.4. The van der Waals surface area contributed by atoms with E-state index in [2.05, 4.69) is 10.3 Å². The molecule has 2 aromatic rings. The molecule has 0 saturated heterocycles. The van der Waals surface area contributed by atoms with Crippen molar-refractivity contribution in [2.45, 2.75) is 39.7 Å². The molecule has 0 bridgehead atoms. The van der Waals surface area contributed by atoms with Gasteiger partial charge < -0.3 is 9.72 Å². The topological polar surface area (TPSA) is 46.4 Å². The highest BCUT2D eigenvalue weighted by molar-refractivity contribution is 6.00. The van der Waals surface area contributed by atoms with Crippen molar-refractivity contribution in [3.8, 4) is 0 Å². The maximum absolute atomic E-state index is 14.1. The Hall–Kier alpha value is -1.91. The van der Waals surface area contributed by atoms with E-state index < -0.39 is 5.82 Å². The van der Waals surface area contributed by atoms with Crippen molar-refractivity contribution in [2.24, 2.45) is 5.92 Å². The van der Waals surface area contributed by atoms with E-state index in [0.717, 1.165) is 24.2 Å². The highest BCUT2D eigenvalue weighted by atomic mass is 19.1. The fourth-order valence-electron chi connectivity index (χ4n) is 2.62. The van der Waals surface area contributed by atoms with Gasteiger partial charge in [0.2, 0.25) is 0 Å². The van der Waals surface area contributed by atoms with Gasteiger partial charge in [-0.05, 0) is 45.6 Å². The van der Waals surface area contributed by atoms with E-state index >= 15 is 0 Å². The second kappa shape index (κ2) is 4.58. The molecule has 1 atom stereocenters. The van der Waals surface area contributed by atoms with Crippen LogP contribution in [0.1, 0.15) is 41.5 Å². The fourth-order valence-corrected chi connectivity index (χ4v) is 2.62. The van der Waals surface area contributed by atoms with Gasteiger partial charge in [0.25, 0.3) is 5.91 Å². The van der Waals surface area contributed by atoms with Crippen molar-refractivity contribution >= 4 is 11.6 Å². The molecule has 20 heavy (non-hydrogen) atoms. The van der Waals surface area contributed by atoms with E-state index in [-0.39, 0.29) is 17.5 Å². The number of amides is 1. The molecule has 2 heterocycles. The van der Waals surface area contributed by atoms with Gasteiger partial charge in [-0.25, -0.2) is 9.37 Å². The number of hydrogen-bond acceptors (Lipinski definition) is 2. The van der Waals surface area contributed by atoms with E-state index in [9.17, 15) is 9.18 Å². The molecule has 0 aromatic carbocycles. The predicted octanol–water partition coefficient (Wildman–Crippen LogP) is 2.62. The molecule has 1 aliphatic carbocycles. The zero-order valence-corrected chi connectivity index (χ0v) is 11.9. The van der Waals surface area contributed by atoms with E-state index in [4.69, 9.17) is 0 Å². The minimum Gasteiger partial charge on any atom is -0.349 e. The van der Waals surface area contributed by atoms with Gasteiger partial charge in [0.15, 0.2) is 11.5 Å². The largest absolute Gasteiger partial charge is 0.349 e. The minimum absolute atomic E-state index is 0.0456. The summed E-state index contributed by atoms with van der Waals surface area (Å²) >= 11 is 0. The first-order valence-corrected chi connectivity index (χ1v) is 6.93. The SMILES string of the molecule is Cc1cc(C)n2cc(F)c(C(=O)NC(C)C3CC3)c2n1. The summed E-state index contributed by atoms with van der Waals surface area (Å²) in [6.45, 7) is 5.68. The molecule has 2 aromatic heterocycles. The van der Waals surface area contributed by atoms with Gasteiger partial charge in [0.05, 0.1) is 0 Å². The van der Waals surface area contributed by atoms with Gasteiger partial charge in [-0.1, -0.05) is 0 Å². The summed E-state index contributed by atoms with van der Waals surface area (Å²) in [4.78, 5) is 16.6. The quantitative estimate of drug-likeness (QED) is 0.936. The second-order valence-electron chi connectivity index (χ2n) is 5.68. The van der Waals surface area contributed by atoms with Crippen LogP contribution >= 0.6 is 0 Å². The zero-order valence-electron chi connectivity index (χ0n) is 11.9. The fraction of sp³-hybridized carbons (Fsp3) is 0.467. The van der Waals surface area contributed by atoms with Crippen LogP contribution in [0.25, 0.3) is 5.65 Å². The average molecular weight is 275 g/mol. The van der Waals surface area contributed by atoms with Crippen LogP contribution < -0.4 is 5.32 Å². The van der Waals surface area contributed by atoms with Gasteiger partial charge in [-0.3, -0.25) is 4.79 Å². The van der Waals surface area contributed by atoms with Crippen molar-refractivity contribution in [1.29, 1.82) is 0 Å². The number of halogens is 1. The lowest BCUT2D eigenvalue weighted by molar-refractivity contribution is 0.0933. The molecule has 0 spiro atoms. The molecule has 3 rings (SSSR count). The predicted molar refractivity (Wildman–Crippen MR) is 74.3 cm³/mol.